The van der Waals surface area contributed by atoms with Gasteiger partial charge in [-0.25, -0.2) is 4.79 Å². The van der Waals surface area contributed by atoms with Crippen LogP contribution in [-0.4, -0.2) is 82.3 Å². The smallest absolute Gasteiger partial charge is 0.355 e. The molecule has 9 heteroatoms. The average Bonchev–Trinajstić information content (AvgIpc) is 3.33. The summed E-state index contributed by atoms with van der Waals surface area (Å²) < 4.78 is 12.2. The fourth-order valence-electron chi connectivity index (χ4n) is 8.17. The van der Waals surface area contributed by atoms with Gasteiger partial charge in [0.25, 0.3) is 0 Å². The number of carbonyl (C=O) groups is 1. The van der Waals surface area contributed by atoms with E-state index in [0.29, 0.717) is 6.42 Å². The highest BCUT2D eigenvalue weighted by Gasteiger charge is 3.06. The first-order valence-electron chi connectivity index (χ1n) is 11.7. The number of rotatable bonds is 3. The second kappa shape index (κ2) is 6.01. The Labute approximate surface area is 192 Å². The molecular formula is C24H35NO8. The van der Waals surface area contributed by atoms with Crippen LogP contribution >= 0.6 is 0 Å². The maximum atomic E-state index is 13.0. The van der Waals surface area contributed by atoms with Crippen LogP contribution in [0.25, 0.3) is 0 Å². The van der Waals surface area contributed by atoms with Crippen LogP contribution in [0.1, 0.15) is 64.9 Å². The molecule has 2 heterocycles. The van der Waals surface area contributed by atoms with E-state index in [9.17, 15) is 30.3 Å². The summed E-state index contributed by atoms with van der Waals surface area (Å²) in [5.41, 5.74) is -13.8. The van der Waals surface area contributed by atoms with Crippen molar-refractivity contribution >= 4 is 5.97 Å². The molecule has 1 saturated heterocycles. The Balaban J connectivity index is 1.79. The van der Waals surface area contributed by atoms with Crippen molar-refractivity contribution in [1.82, 2.24) is 4.98 Å². The molecular weight excluding hydrogens is 430 g/mol. The predicted molar refractivity (Wildman–Crippen MR) is 115 cm³/mol. The number of H-pyrrole nitrogens is 1. The Morgan fingerprint density at radius 3 is 2.39 bits per heavy atom. The molecule has 0 unspecified atom stereocenters. The lowest BCUT2D eigenvalue weighted by Gasteiger charge is -2.71. The number of hydrogen-bond acceptors (Lipinski definition) is 8. The number of aliphatic hydroxyl groups is 5. The van der Waals surface area contributed by atoms with Crippen LogP contribution < -0.4 is 0 Å². The second-order valence-electron chi connectivity index (χ2n) is 11.6. The summed E-state index contributed by atoms with van der Waals surface area (Å²) in [6.07, 6.45) is -0.855. The molecule has 5 rings (SSSR count). The molecule has 0 aromatic carbocycles. The van der Waals surface area contributed by atoms with Crippen molar-refractivity contribution in [3.8, 4) is 0 Å². The van der Waals surface area contributed by atoms with Gasteiger partial charge >= 0.3 is 5.97 Å². The van der Waals surface area contributed by atoms with Gasteiger partial charge in [-0.3, -0.25) is 0 Å². The molecule has 9 atom stereocenters. The third kappa shape index (κ3) is 1.83. The van der Waals surface area contributed by atoms with E-state index in [-0.39, 0.29) is 18.0 Å². The molecule has 1 spiro atoms. The van der Waals surface area contributed by atoms with E-state index in [0.717, 1.165) is 0 Å². The van der Waals surface area contributed by atoms with Crippen LogP contribution in [0.5, 0.6) is 0 Å². The van der Waals surface area contributed by atoms with Crippen LogP contribution in [0.2, 0.25) is 0 Å². The summed E-state index contributed by atoms with van der Waals surface area (Å²) in [7, 11) is 0. The zero-order valence-electron chi connectivity index (χ0n) is 19.9. The fraction of sp³-hybridized carbons (Fsp3) is 0.792. The summed E-state index contributed by atoms with van der Waals surface area (Å²) in [6, 6.07) is 3.11. The quantitative estimate of drug-likeness (QED) is 0.353. The van der Waals surface area contributed by atoms with Crippen LogP contribution in [0.3, 0.4) is 0 Å². The number of nitrogens with one attached hydrogen (secondary N) is 1. The minimum Gasteiger partial charge on any atom is -0.451 e. The van der Waals surface area contributed by atoms with Gasteiger partial charge in [0.05, 0.1) is 6.10 Å². The highest BCUT2D eigenvalue weighted by atomic mass is 16.7. The molecule has 0 bridgehead atoms. The van der Waals surface area contributed by atoms with E-state index in [1.807, 2.05) is 0 Å². The van der Waals surface area contributed by atoms with Gasteiger partial charge in [-0.15, -0.1) is 0 Å². The molecule has 0 amide bonds. The molecule has 9 nitrogen and oxygen atoms in total. The van der Waals surface area contributed by atoms with E-state index in [1.54, 1.807) is 46.9 Å². The highest BCUT2D eigenvalue weighted by molar-refractivity contribution is 5.87. The summed E-state index contributed by atoms with van der Waals surface area (Å²) in [5, 5.41) is 60.6. The number of hydrogen-bond donors (Lipinski definition) is 6. The van der Waals surface area contributed by atoms with E-state index in [2.05, 4.69) is 4.98 Å². The van der Waals surface area contributed by atoms with Crippen LogP contribution in [0.4, 0.5) is 0 Å². The normalized spacial score (nSPS) is 54.0. The number of carbonyl (C=O) groups excluding carboxylic acids is 1. The first-order chi connectivity index (χ1) is 15.1. The predicted octanol–water partition coefficient (Wildman–Crippen LogP) is 0.492. The summed E-state index contributed by atoms with van der Waals surface area (Å²) >= 11 is 0. The molecule has 184 valence electrons. The third-order valence-electron chi connectivity index (χ3n) is 10.1. The molecule has 1 aromatic rings. The van der Waals surface area contributed by atoms with Gasteiger partial charge in [0.15, 0.2) is 17.3 Å². The van der Waals surface area contributed by atoms with E-state index < -0.39 is 63.1 Å². The minimum absolute atomic E-state index is 0.109. The van der Waals surface area contributed by atoms with Gasteiger partial charge in [-0.05, 0) is 43.7 Å². The van der Waals surface area contributed by atoms with Crippen molar-refractivity contribution in [2.75, 3.05) is 0 Å². The van der Waals surface area contributed by atoms with Gasteiger partial charge in [-0.1, -0.05) is 34.6 Å². The van der Waals surface area contributed by atoms with Crippen molar-refractivity contribution in [3.63, 3.8) is 0 Å². The van der Waals surface area contributed by atoms with Crippen molar-refractivity contribution < 1.29 is 39.8 Å². The largest absolute Gasteiger partial charge is 0.451 e. The van der Waals surface area contributed by atoms with Crippen LogP contribution in [-0.2, 0) is 9.47 Å². The van der Waals surface area contributed by atoms with Crippen molar-refractivity contribution in [3.05, 3.63) is 24.0 Å². The number of aromatic nitrogens is 1. The number of ether oxygens (including phenoxy) is 2. The summed E-state index contributed by atoms with van der Waals surface area (Å²) in [4.78, 5) is 15.8. The standard InChI is InChI=1S/C24H35NO8/c1-12(2)21(29)17(32-16(27)14-8-7-11-25-14)22(30)18(4,5)20(28)10-9-13(3)15(26)23(20)24(22,31)19(21,6)33-23/h7-8,11-13,15,17,25-26,28-31H,9-10H2,1-6H3/t13-,15+,17+,19-,20-,21+,22+,23+,24+/m0/s1. The van der Waals surface area contributed by atoms with E-state index in [1.165, 1.54) is 13.0 Å². The highest BCUT2D eigenvalue weighted by Crippen LogP contribution is 2.84. The number of aromatic amines is 1. The van der Waals surface area contributed by atoms with Crippen LogP contribution in [0, 0.1) is 17.3 Å². The molecule has 33 heavy (non-hydrogen) atoms. The Kier molecular flexibility index (Phi) is 4.23. The second-order valence-corrected chi connectivity index (χ2v) is 11.6. The topological polar surface area (TPSA) is 152 Å². The molecule has 6 N–H and O–H groups in total. The first kappa shape index (κ1) is 23.3. The van der Waals surface area contributed by atoms with Gasteiger partial charge in [0.1, 0.15) is 28.1 Å². The van der Waals surface area contributed by atoms with Crippen molar-refractivity contribution in [1.29, 1.82) is 0 Å². The van der Waals surface area contributed by atoms with Gasteiger partial charge in [0.2, 0.25) is 0 Å². The third-order valence-corrected chi connectivity index (χ3v) is 10.1. The number of esters is 1. The Morgan fingerprint density at radius 2 is 1.85 bits per heavy atom. The molecule has 4 fully saturated rings. The van der Waals surface area contributed by atoms with Crippen molar-refractivity contribution in [2.24, 2.45) is 17.3 Å². The fourth-order valence-corrected chi connectivity index (χ4v) is 8.17. The maximum absolute atomic E-state index is 13.0. The molecule has 0 radical (unpaired) electrons. The molecule has 4 aliphatic rings. The van der Waals surface area contributed by atoms with E-state index >= 15 is 0 Å². The molecule has 1 aromatic heterocycles. The number of aliphatic hydroxyl groups excluding tert-OH is 1. The molecule has 3 aliphatic carbocycles. The minimum atomic E-state index is -2.35. The zero-order chi connectivity index (χ0) is 24.6. The lowest BCUT2D eigenvalue weighted by Crippen LogP contribution is -2.92. The first-order valence-corrected chi connectivity index (χ1v) is 11.7. The Bertz CT molecular complexity index is 1010. The lowest BCUT2D eigenvalue weighted by atomic mass is 9.51. The SMILES string of the molecule is CC(C)[C@@]1(O)[C@@H](OC(=O)c2ccc[nH]2)[C@@]2(O)C(C)(C)[C@@]3(O)CC[C@H](C)[C@@H](O)[C@@]34O[C@]1(C)[C@]42O. The molecule has 3 saturated carbocycles. The van der Waals surface area contributed by atoms with Gasteiger partial charge in [-0.2, -0.15) is 0 Å². The van der Waals surface area contributed by atoms with Gasteiger partial charge < -0.3 is 40.0 Å². The lowest BCUT2D eigenvalue weighted by molar-refractivity contribution is -0.476. The van der Waals surface area contributed by atoms with Crippen molar-refractivity contribution in [2.45, 2.75) is 100 Å². The van der Waals surface area contributed by atoms with Gasteiger partial charge in [0, 0.05) is 11.6 Å². The monoisotopic (exact) mass is 465 g/mol. The van der Waals surface area contributed by atoms with Crippen LogP contribution in [0.15, 0.2) is 18.3 Å². The summed E-state index contributed by atoms with van der Waals surface area (Å²) in [6.45, 7) is 9.75. The summed E-state index contributed by atoms with van der Waals surface area (Å²) in [5.74, 6) is -1.81. The zero-order valence-corrected chi connectivity index (χ0v) is 19.9. The molecule has 1 aliphatic heterocycles. The average molecular weight is 466 g/mol. The van der Waals surface area contributed by atoms with E-state index in [4.69, 9.17) is 9.47 Å². The maximum Gasteiger partial charge on any atom is 0.355 e. The Hall–Kier alpha value is -1.49. The Morgan fingerprint density at radius 1 is 1.21 bits per heavy atom.